The Labute approximate surface area is 143 Å². The average Bonchev–Trinajstić information content (AvgIpc) is 2.89. The van der Waals surface area contributed by atoms with Crippen LogP contribution in [-0.4, -0.2) is 36.2 Å². The van der Waals surface area contributed by atoms with Crippen molar-refractivity contribution in [2.75, 3.05) is 20.3 Å². The first kappa shape index (κ1) is 15.6. The summed E-state index contributed by atoms with van der Waals surface area (Å²) in [6.45, 7) is 2.21. The Kier molecular flexibility index (Phi) is 4.50. The van der Waals surface area contributed by atoms with Gasteiger partial charge in [-0.15, -0.1) is 0 Å². The van der Waals surface area contributed by atoms with Crippen molar-refractivity contribution in [3.63, 3.8) is 0 Å². The highest BCUT2D eigenvalue weighted by Crippen LogP contribution is 2.43. The molecule has 1 aromatic carbocycles. The highest BCUT2D eigenvalue weighted by molar-refractivity contribution is 5.32. The topological polar surface area (TPSA) is 34.6 Å². The first-order valence-corrected chi connectivity index (χ1v) is 8.75. The molecule has 0 saturated carbocycles. The van der Waals surface area contributed by atoms with E-state index in [2.05, 4.69) is 46.3 Å². The van der Waals surface area contributed by atoms with Crippen LogP contribution < -0.4 is 4.74 Å². The van der Waals surface area contributed by atoms with Crippen LogP contribution in [0.5, 0.6) is 5.75 Å². The van der Waals surface area contributed by atoms with Gasteiger partial charge in [0, 0.05) is 44.0 Å². The Morgan fingerprint density at radius 2 is 2.00 bits per heavy atom. The maximum absolute atomic E-state index is 5.65. The third kappa shape index (κ3) is 3.04. The molecule has 126 valence electrons. The van der Waals surface area contributed by atoms with Crippen LogP contribution in [0, 0.1) is 0 Å². The minimum atomic E-state index is 0.532. The van der Waals surface area contributed by atoms with E-state index in [0.29, 0.717) is 25.3 Å². The summed E-state index contributed by atoms with van der Waals surface area (Å²) < 4.78 is 10.7. The van der Waals surface area contributed by atoms with E-state index in [-0.39, 0.29) is 0 Å². The lowest BCUT2D eigenvalue weighted by molar-refractivity contribution is 0.146. The molecule has 2 aliphatic rings. The quantitative estimate of drug-likeness (QED) is 0.763. The molecule has 24 heavy (non-hydrogen) atoms. The number of hydrogen-bond acceptors (Lipinski definition) is 4. The molecule has 0 spiro atoms. The maximum Gasteiger partial charge on any atom is 0.119 e. The molecule has 0 N–H and O–H groups in total. The van der Waals surface area contributed by atoms with Gasteiger partial charge in [0.1, 0.15) is 12.4 Å². The van der Waals surface area contributed by atoms with Crippen LogP contribution in [0.1, 0.15) is 35.7 Å². The van der Waals surface area contributed by atoms with E-state index in [4.69, 9.17) is 9.47 Å². The van der Waals surface area contributed by atoms with Crippen molar-refractivity contribution in [2.45, 2.75) is 37.9 Å². The molecular formula is C20H24N2O2. The Hall–Kier alpha value is -1.91. The first-order chi connectivity index (χ1) is 11.8. The maximum atomic E-state index is 5.65. The molecule has 2 bridgehead atoms. The number of hydrogen-bond donors (Lipinski definition) is 0. The number of nitrogens with zero attached hydrogens (tertiary/aromatic N) is 2. The predicted octanol–water partition coefficient (Wildman–Crippen LogP) is 3.37. The second kappa shape index (κ2) is 6.91. The number of fused-ring (bicyclic) bond motifs is 4. The largest absolute Gasteiger partial charge is 0.491 e. The van der Waals surface area contributed by atoms with Gasteiger partial charge < -0.3 is 9.47 Å². The third-order valence-electron chi connectivity index (χ3n) is 5.20. The number of methoxy groups -OCH3 is 1. The van der Waals surface area contributed by atoms with Gasteiger partial charge in [0.25, 0.3) is 0 Å². The lowest BCUT2D eigenvalue weighted by Gasteiger charge is -2.35. The van der Waals surface area contributed by atoms with Crippen molar-refractivity contribution < 1.29 is 9.47 Å². The van der Waals surface area contributed by atoms with E-state index in [1.807, 2.05) is 6.20 Å². The van der Waals surface area contributed by atoms with Crippen LogP contribution in [0.15, 0.2) is 42.6 Å². The fourth-order valence-corrected chi connectivity index (χ4v) is 4.02. The normalized spacial score (nSPS) is 22.4. The number of rotatable bonds is 6. The van der Waals surface area contributed by atoms with Crippen LogP contribution in [0.4, 0.5) is 0 Å². The summed E-state index contributed by atoms with van der Waals surface area (Å²) in [7, 11) is 1.69. The molecule has 2 aromatic rings. The van der Waals surface area contributed by atoms with Gasteiger partial charge in [0.15, 0.2) is 0 Å². The molecular weight excluding hydrogens is 300 g/mol. The SMILES string of the molecule is COCCOc1ccc(CN2[C@H]3CC[C@@H]2c2cccnc2C3)cc1. The molecule has 1 aromatic heterocycles. The molecule has 0 radical (unpaired) electrons. The van der Waals surface area contributed by atoms with Crippen LogP contribution in [0.2, 0.25) is 0 Å². The van der Waals surface area contributed by atoms with Crippen LogP contribution in [0.25, 0.3) is 0 Å². The molecule has 2 aliphatic heterocycles. The van der Waals surface area contributed by atoms with Gasteiger partial charge in [0.05, 0.1) is 6.61 Å². The fourth-order valence-electron chi connectivity index (χ4n) is 4.02. The first-order valence-electron chi connectivity index (χ1n) is 8.75. The summed E-state index contributed by atoms with van der Waals surface area (Å²) in [5.74, 6) is 0.909. The Bertz CT molecular complexity index is 686. The standard InChI is InChI=1S/C20H24N2O2/c1-23-11-12-24-17-7-4-15(5-8-17)14-22-16-6-9-20(22)18-3-2-10-21-19(18)13-16/h2-5,7-8,10,16,20H,6,9,11-14H2,1H3/t16-,20+/m0/s1. The van der Waals surface area contributed by atoms with Crippen LogP contribution in [0.3, 0.4) is 0 Å². The molecule has 1 fully saturated rings. The Morgan fingerprint density at radius 3 is 2.83 bits per heavy atom. The monoisotopic (exact) mass is 324 g/mol. The van der Waals surface area contributed by atoms with Gasteiger partial charge in [-0.3, -0.25) is 9.88 Å². The highest BCUT2D eigenvalue weighted by atomic mass is 16.5. The molecule has 0 amide bonds. The molecule has 3 heterocycles. The molecule has 0 unspecified atom stereocenters. The van der Waals surface area contributed by atoms with Crippen molar-refractivity contribution in [3.05, 3.63) is 59.4 Å². The zero-order valence-electron chi connectivity index (χ0n) is 14.1. The number of pyridine rings is 1. The molecule has 1 saturated heterocycles. The van der Waals surface area contributed by atoms with Gasteiger partial charge in [-0.05, 0) is 42.2 Å². The number of aromatic nitrogens is 1. The van der Waals surface area contributed by atoms with E-state index >= 15 is 0 Å². The Balaban J connectivity index is 1.44. The smallest absolute Gasteiger partial charge is 0.119 e. The lowest BCUT2D eigenvalue weighted by atomic mass is 9.97. The van der Waals surface area contributed by atoms with Crippen LogP contribution in [-0.2, 0) is 17.7 Å². The highest BCUT2D eigenvalue weighted by Gasteiger charge is 2.39. The van der Waals surface area contributed by atoms with Crippen molar-refractivity contribution in [1.82, 2.24) is 9.88 Å². The van der Waals surface area contributed by atoms with Crippen molar-refractivity contribution in [1.29, 1.82) is 0 Å². The summed E-state index contributed by atoms with van der Waals surface area (Å²) in [5, 5.41) is 0. The van der Waals surface area contributed by atoms with Gasteiger partial charge in [-0.2, -0.15) is 0 Å². The minimum Gasteiger partial charge on any atom is -0.491 e. The van der Waals surface area contributed by atoms with Gasteiger partial charge in [0.2, 0.25) is 0 Å². The zero-order valence-corrected chi connectivity index (χ0v) is 14.1. The van der Waals surface area contributed by atoms with Crippen LogP contribution >= 0.6 is 0 Å². The summed E-state index contributed by atoms with van der Waals surface area (Å²) in [5.41, 5.74) is 4.09. The van der Waals surface area contributed by atoms with Gasteiger partial charge in [-0.25, -0.2) is 0 Å². The number of benzene rings is 1. The average molecular weight is 324 g/mol. The predicted molar refractivity (Wildman–Crippen MR) is 93.1 cm³/mol. The lowest BCUT2D eigenvalue weighted by Crippen LogP contribution is -2.37. The van der Waals surface area contributed by atoms with E-state index in [9.17, 15) is 0 Å². The Morgan fingerprint density at radius 1 is 1.12 bits per heavy atom. The number of ether oxygens (including phenoxy) is 2. The van der Waals surface area contributed by atoms with Crippen molar-refractivity contribution in [3.8, 4) is 5.75 Å². The van der Waals surface area contributed by atoms with Gasteiger partial charge >= 0.3 is 0 Å². The van der Waals surface area contributed by atoms with E-state index in [0.717, 1.165) is 18.7 Å². The molecule has 4 nitrogen and oxygen atoms in total. The third-order valence-corrected chi connectivity index (χ3v) is 5.20. The summed E-state index contributed by atoms with van der Waals surface area (Å²) in [4.78, 5) is 7.25. The molecule has 0 aliphatic carbocycles. The van der Waals surface area contributed by atoms with E-state index < -0.39 is 0 Å². The van der Waals surface area contributed by atoms with E-state index in [1.165, 1.54) is 29.7 Å². The minimum absolute atomic E-state index is 0.532. The van der Waals surface area contributed by atoms with Gasteiger partial charge in [-0.1, -0.05) is 18.2 Å². The summed E-state index contributed by atoms with van der Waals surface area (Å²) in [6, 6.07) is 14.0. The van der Waals surface area contributed by atoms with Crippen molar-refractivity contribution in [2.24, 2.45) is 0 Å². The summed E-state index contributed by atoms with van der Waals surface area (Å²) >= 11 is 0. The summed E-state index contributed by atoms with van der Waals surface area (Å²) in [6.07, 6.45) is 5.54. The zero-order chi connectivity index (χ0) is 16.4. The molecule has 4 heteroatoms. The second-order valence-corrected chi connectivity index (χ2v) is 6.65. The second-order valence-electron chi connectivity index (χ2n) is 6.65. The fraction of sp³-hybridized carbons (Fsp3) is 0.450. The van der Waals surface area contributed by atoms with Crippen molar-refractivity contribution >= 4 is 0 Å². The molecule has 4 rings (SSSR count). The molecule has 2 atom stereocenters. The van der Waals surface area contributed by atoms with E-state index in [1.54, 1.807) is 7.11 Å².